The number of carbonyl (C=O) groups is 1. The number of benzene rings is 1. The fraction of sp³-hybridized carbons (Fsp3) is 0.471. The van der Waals surface area contributed by atoms with E-state index in [2.05, 4.69) is 29.8 Å². The largest absolute Gasteiger partial charge is 0.396 e. The lowest BCUT2D eigenvalue weighted by Gasteiger charge is -2.14. The second-order valence-electron chi connectivity index (χ2n) is 6.00. The Bertz CT molecular complexity index is 528. The van der Waals surface area contributed by atoms with E-state index in [1.54, 1.807) is 0 Å². The molecule has 1 aromatic carbocycles. The minimum atomic E-state index is -0.185. The number of carbonyl (C=O) groups excluding carboxylic acids is 1. The molecule has 5 nitrogen and oxygen atoms in total. The quantitative estimate of drug-likeness (QED) is 0.609. The standard InChI is InChI=1S/C17H25N3O2/c1-12(2)19-15-5-3-4-13(8-15)10-18-17(22)20-16-7-6-14(9-16)11-21/h3-8,12,14,16,19,21H,9-11H2,1-2H3,(H2,18,20,22)/t14-,16+/m0/s1. The van der Waals surface area contributed by atoms with Gasteiger partial charge in [0.25, 0.3) is 0 Å². The molecular formula is C17H25N3O2. The first-order chi connectivity index (χ1) is 10.6. The molecule has 0 aliphatic heterocycles. The third-order valence-corrected chi connectivity index (χ3v) is 3.56. The van der Waals surface area contributed by atoms with Crippen molar-refractivity contribution in [3.05, 3.63) is 42.0 Å². The Hall–Kier alpha value is -2.01. The highest BCUT2D eigenvalue weighted by atomic mass is 16.3. The molecule has 0 fully saturated rings. The Morgan fingerprint density at radius 2 is 2.18 bits per heavy atom. The van der Waals surface area contributed by atoms with Gasteiger partial charge in [0.2, 0.25) is 0 Å². The number of aliphatic hydroxyl groups is 1. The minimum Gasteiger partial charge on any atom is -0.396 e. The normalized spacial score (nSPS) is 20.2. The lowest BCUT2D eigenvalue weighted by atomic mass is 10.1. The van der Waals surface area contributed by atoms with Crippen molar-refractivity contribution >= 4 is 11.7 Å². The zero-order valence-corrected chi connectivity index (χ0v) is 13.2. The van der Waals surface area contributed by atoms with Crippen molar-refractivity contribution in [3.63, 3.8) is 0 Å². The van der Waals surface area contributed by atoms with Crippen molar-refractivity contribution < 1.29 is 9.90 Å². The van der Waals surface area contributed by atoms with E-state index in [1.807, 2.05) is 36.4 Å². The molecule has 0 heterocycles. The zero-order valence-electron chi connectivity index (χ0n) is 13.2. The number of anilines is 1. The van der Waals surface area contributed by atoms with Crippen LogP contribution in [0.5, 0.6) is 0 Å². The molecule has 2 atom stereocenters. The molecule has 0 spiro atoms. The lowest BCUT2D eigenvalue weighted by Crippen LogP contribution is -2.40. The van der Waals surface area contributed by atoms with Crippen LogP contribution in [0.3, 0.4) is 0 Å². The first-order valence-electron chi connectivity index (χ1n) is 7.76. The highest BCUT2D eigenvalue weighted by molar-refractivity contribution is 5.74. The van der Waals surface area contributed by atoms with Crippen LogP contribution >= 0.6 is 0 Å². The second kappa shape index (κ2) is 7.84. The van der Waals surface area contributed by atoms with Crippen LogP contribution in [0.1, 0.15) is 25.8 Å². The molecule has 2 amide bonds. The van der Waals surface area contributed by atoms with Crippen LogP contribution in [0.25, 0.3) is 0 Å². The highest BCUT2D eigenvalue weighted by Crippen LogP contribution is 2.16. The third kappa shape index (κ3) is 5.07. The molecular weight excluding hydrogens is 278 g/mol. The number of hydrogen-bond acceptors (Lipinski definition) is 3. The van der Waals surface area contributed by atoms with Gasteiger partial charge < -0.3 is 21.1 Å². The van der Waals surface area contributed by atoms with Crippen molar-refractivity contribution in [2.24, 2.45) is 5.92 Å². The van der Waals surface area contributed by atoms with Crippen LogP contribution in [-0.4, -0.2) is 29.8 Å². The van der Waals surface area contributed by atoms with E-state index in [0.717, 1.165) is 17.7 Å². The van der Waals surface area contributed by atoms with Gasteiger partial charge in [-0.15, -0.1) is 0 Å². The summed E-state index contributed by atoms with van der Waals surface area (Å²) in [5.74, 6) is 0.157. The predicted molar refractivity (Wildman–Crippen MR) is 88.7 cm³/mol. The summed E-state index contributed by atoms with van der Waals surface area (Å²) in [5, 5.41) is 18.2. The van der Waals surface area contributed by atoms with Gasteiger partial charge in [-0.05, 0) is 38.0 Å². The van der Waals surface area contributed by atoms with E-state index in [4.69, 9.17) is 5.11 Å². The van der Waals surface area contributed by atoms with Crippen LogP contribution in [0.15, 0.2) is 36.4 Å². The molecule has 0 unspecified atom stereocenters. The molecule has 0 radical (unpaired) electrons. The third-order valence-electron chi connectivity index (χ3n) is 3.56. The molecule has 0 saturated heterocycles. The fourth-order valence-corrected chi connectivity index (χ4v) is 2.52. The average molecular weight is 303 g/mol. The minimum absolute atomic E-state index is 0.00564. The summed E-state index contributed by atoms with van der Waals surface area (Å²) < 4.78 is 0. The van der Waals surface area contributed by atoms with Crippen LogP contribution in [0.4, 0.5) is 10.5 Å². The summed E-state index contributed by atoms with van der Waals surface area (Å²) in [4.78, 5) is 11.9. The van der Waals surface area contributed by atoms with Crippen molar-refractivity contribution in [1.29, 1.82) is 0 Å². The van der Waals surface area contributed by atoms with Gasteiger partial charge in [-0.2, -0.15) is 0 Å². The molecule has 22 heavy (non-hydrogen) atoms. The van der Waals surface area contributed by atoms with Crippen molar-refractivity contribution in [3.8, 4) is 0 Å². The number of urea groups is 1. The van der Waals surface area contributed by atoms with Gasteiger partial charge >= 0.3 is 6.03 Å². The molecule has 2 rings (SSSR count). The Morgan fingerprint density at radius 3 is 2.86 bits per heavy atom. The Labute approximate surface area is 131 Å². The smallest absolute Gasteiger partial charge is 0.315 e. The first kappa shape index (κ1) is 16.4. The summed E-state index contributed by atoms with van der Waals surface area (Å²) in [6, 6.07) is 8.22. The van der Waals surface area contributed by atoms with Crippen LogP contribution < -0.4 is 16.0 Å². The molecule has 0 aromatic heterocycles. The van der Waals surface area contributed by atoms with Gasteiger partial charge in [0.15, 0.2) is 0 Å². The zero-order chi connectivity index (χ0) is 15.9. The molecule has 120 valence electrons. The fourth-order valence-electron chi connectivity index (χ4n) is 2.52. The monoisotopic (exact) mass is 303 g/mol. The molecule has 4 N–H and O–H groups in total. The van der Waals surface area contributed by atoms with Crippen molar-refractivity contribution in [2.45, 2.75) is 38.9 Å². The maximum Gasteiger partial charge on any atom is 0.315 e. The van der Waals surface area contributed by atoms with Gasteiger partial charge in [-0.1, -0.05) is 24.3 Å². The summed E-state index contributed by atoms with van der Waals surface area (Å²) in [6.07, 6.45) is 4.65. The lowest BCUT2D eigenvalue weighted by molar-refractivity contribution is 0.231. The molecule has 1 aliphatic rings. The molecule has 1 aromatic rings. The van der Waals surface area contributed by atoms with E-state index in [9.17, 15) is 4.79 Å². The Morgan fingerprint density at radius 1 is 1.36 bits per heavy atom. The molecule has 0 saturated carbocycles. The second-order valence-corrected chi connectivity index (χ2v) is 6.00. The molecule has 5 heteroatoms. The highest BCUT2D eigenvalue weighted by Gasteiger charge is 2.19. The van der Waals surface area contributed by atoms with Gasteiger partial charge in [0.05, 0.1) is 0 Å². The summed E-state index contributed by atoms with van der Waals surface area (Å²) >= 11 is 0. The summed E-state index contributed by atoms with van der Waals surface area (Å²) in [6.45, 7) is 4.80. The van der Waals surface area contributed by atoms with E-state index < -0.39 is 0 Å². The SMILES string of the molecule is CC(C)Nc1cccc(CNC(=O)N[C@@H]2C=C[C@H](CO)C2)c1. The van der Waals surface area contributed by atoms with Crippen LogP contribution in [0.2, 0.25) is 0 Å². The number of nitrogens with one attached hydrogen (secondary N) is 3. The number of amides is 2. The average Bonchev–Trinajstić information content (AvgIpc) is 2.92. The first-order valence-corrected chi connectivity index (χ1v) is 7.76. The molecule has 0 bridgehead atoms. The van der Waals surface area contributed by atoms with E-state index in [0.29, 0.717) is 12.6 Å². The maximum absolute atomic E-state index is 11.9. The van der Waals surface area contributed by atoms with Crippen molar-refractivity contribution in [2.75, 3.05) is 11.9 Å². The van der Waals surface area contributed by atoms with Crippen molar-refractivity contribution in [1.82, 2.24) is 10.6 Å². The van der Waals surface area contributed by atoms with Gasteiger partial charge in [-0.3, -0.25) is 0 Å². The van der Waals surface area contributed by atoms with Gasteiger partial charge in [-0.25, -0.2) is 4.79 Å². The van der Waals surface area contributed by atoms with E-state index in [1.165, 1.54) is 0 Å². The topological polar surface area (TPSA) is 73.4 Å². The number of aliphatic hydroxyl groups excluding tert-OH is 1. The van der Waals surface area contributed by atoms with Gasteiger partial charge in [0, 0.05) is 36.8 Å². The van der Waals surface area contributed by atoms with Gasteiger partial charge in [0.1, 0.15) is 0 Å². The summed E-state index contributed by atoms with van der Waals surface area (Å²) in [5.41, 5.74) is 2.11. The molecule has 1 aliphatic carbocycles. The predicted octanol–water partition coefficient (Wildman–Crippen LogP) is 2.24. The maximum atomic E-state index is 11.9. The number of rotatable bonds is 6. The van der Waals surface area contributed by atoms with Crippen LogP contribution in [0, 0.1) is 5.92 Å². The number of hydrogen-bond donors (Lipinski definition) is 4. The van der Waals surface area contributed by atoms with E-state index in [-0.39, 0.29) is 24.6 Å². The van der Waals surface area contributed by atoms with E-state index >= 15 is 0 Å². The summed E-state index contributed by atoms with van der Waals surface area (Å²) in [7, 11) is 0. The van der Waals surface area contributed by atoms with Crippen LogP contribution in [-0.2, 0) is 6.54 Å². The Kier molecular flexibility index (Phi) is 5.83. The Balaban J connectivity index is 1.78.